The number of carboxylic acids is 1. The third-order valence-electron chi connectivity index (χ3n) is 5.46. The zero-order valence-electron chi connectivity index (χ0n) is 13.3. The van der Waals surface area contributed by atoms with Crippen LogP contribution in [0.3, 0.4) is 0 Å². The van der Waals surface area contributed by atoms with E-state index in [2.05, 4.69) is 9.97 Å². The van der Waals surface area contributed by atoms with Crippen LogP contribution in [0.25, 0.3) is 0 Å². The largest absolute Gasteiger partial charge is 0.481 e. The van der Waals surface area contributed by atoms with E-state index >= 15 is 0 Å². The minimum absolute atomic E-state index is 0.0348. The smallest absolute Gasteiger partial charge is 0.433 e. The zero-order valence-corrected chi connectivity index (χ0v) is 13.3. The molecule has 3 fully saturated rings. The maximum atomic E-state index is 13.4. The van der Waals surface area contributed by atoms with E-state index in [9.17, 15) is 22.4 Å². The van der Waals surface area contributed by atoms with Crippen molar-refractivity contribution < 1.29 is 27.5 Å². The summed E-state index contributed by atoms with van der Waals surface area (Å²) in [5, 5.41) is 9.04. The van der Waals surface area contributed by atoms with E-state index in [1.165, 1.54) is 4.90 Å². The van der Waals surface area contributed by atoms with Crippen LogP contribution >= 0.6 is 0 Å². The lowest BCUT2D eigenvalue weighted by atomic mass is 9.93. The van der Waals surface area contributed by atoms with Crippen molar-refractivity contribution in [2.45, 2.75) is 31.7 Å². The standard InChI is InChI=1S/C15H16F4N4O2/c1-7-9(16)4-23(7)13-20-10(15(17,18)19)2-11(21-13)22-5-14(6-22)3-8(14)12(24)25/h2,7-9H,3-6H2,1H3,(H,24,25)/t7-,8?,9?/m0/s1. The lowest BCUT2D eigenvalue weighted by Gasteiger charge is -2.44. The van der Waals surface area contributed by atoms with Gasteiger partial charge in [-0.15, -0.1) is 0 Å². The molecule has 3 heterocycles. The normalized spacial score (nSPS) is 30.0. The molecule has 1 spiro atoms. The Morgan fingerprint density at radius 1 is 1.36 bits per heavy atom. The average molecular weight is 360 g/mol. The third kappa shape index (κ3) is 2.49. The van der Waals surface area contributed by atoms with Gasteiger partial charge in [-0.2, -0.15) is 18.2 Å². The quantitative estimate of drug-likeness (QED) is 0.831. The summed E-state index contributed by atoms with van der Waals surface area (Å²) in [5.41, 5.74) is -1.42. The number of aliphatic carboxylic acids is 1. The number of carbonyl (C=O) groups is 1. The third-order valence-corrected chi connectivity index (χ3v) is 5.46. The topological polar surface area (TPSA) is 69.6 Å². The number of hydrogen-bond donors (Lipinski definition) is 1. The van der Waals surface area contributed by atoms with E-state index in [0.29, 0.717) is 19.5 Å². The van der Waals surface area contributed by atoms with Crippen LogP contribution in [-0.2, 0) is 11.0 Å². The Bertz CT molecular complexity index is 735. The molecule has 3 atom stereocenters. The second-order valence-corrected chi connectivity index (χ2v) is 7.13. The van der Waals surface area contributed by atoms with Crippen molar-refractivity contribution in [2.75, 3.05) is 29.4 Å². The summed E-state index contributed by atoms with van der Waals surface area (Å²) in [6, 6.07) is 0.296. The second-order valence-electron chi connectivity index (χ2n) is 7.13. The lowest BCUT2D eigenvalue weighted by molar-refractivity contribution is -0.141. The van der Waals surface area contributed by atoms with Crippen molar-refractivity contribution in [3.05, 3.63) is 11.8 Å². The highest BCUT2D eigenvalue weighted by molar-refractivity contribution is 5.76. The van der Waals surface area contributed by atoms with Crippen molar-refractivity contribution in [1.82, 2.24) is 9.97 Å². The van der Waals surface area contributed by atoms with Gasteiger partial charge in [-0.05, 0) is 13.3 Å². The van der Waals surface area contributed by atoms with Gasteiger partial charge in [0.15, 0.2) is 5.69 Å². The summed E-state index contributed by atoms with van der Waals surface area (Å²) in [4.78, 5) is 21.8. The fraction of sp³-hybridized carbons (Fsp3) is 0.667. The molecule has 2 aliphatic heterocycles. The lowest BCUT2D eigenvalue weighted by Crippen LogP contribution is -2.57. The maximum Gasteiger partial charge on any atom is 0.433 e. The fourth-order valence-corrected chi connectivity index (χ4v) is 3.61. The fourth-order valence-electron chi connectivity index (χ4n) is 3.61. The van der Waals surface area contributed by atoms with E-state index in [4.69, 9.17) is 5.11 Å². The molecular formula is C15H16F4N4O2. The number of hydrogen-bond acceptors (Lipinski definition) is 5. The van der Waals surface area contributed by atoms with Gasteiger partial charge in [-0.25, -0.2) is 9.37 Å². The summed E-state index contributed by atoms with van der Waals surface area (Å²) in [6.07, 6.45) is -5.21. The average Bonchev–Trinajstić information content (AvgIpc) is 3.25. The first kappa shape index (κ1) is 16.3. The second kappa shape index (κ2) is 4.95. The molecule has 1 aliphatic carbocycles. The molecule has 6 nitrogen and oxygen atoms in total. The highest BCUT2D eigenvalue weighted by Crippen LogP contribution is 2.59. The van der Waals surface area contributed by atoms with Gasteiger partial charge in [0.1, 0.15) is 12.0 Å². The van der Waals surface area contributed by atoms with Crippen LogP contribution in [0.15, 0.2) is 6.07 Å². The van der Waals surface area contributed by atoms with Gasteiger partial charge in [0.05, 0.1) is 18.5 Å². The van der Waals surface area contributed by atoms with Crippen LogP contribution in [-0.4, -0.2) is 52.9 Å². The first-order valence-corrected chi connectivity index (χ1v) is 7.95. The van der Waals surface area contributed by atoms with Crippen molar-refractivity contribution in [3.8, 4) is 0 Å². The molecule has 2 saturated heterocycles. The number of halogens is 4. The summed E-state index contributed by atoms with van der Waals surface area (Å²) in [6.45, 7) is 2.25. The Morgan fingerprint density at radius 3 is 2.52 bits per heavy atom. The Labute approximate surface area is 140 Å². The van der Waals surface area contributed by atoms with Crippen molar-refractivity contribution >= 4 is 17.7 Å². The first-order valence-electron chi connectivity index (χ1n) is 7.95. The number of anilines is 2. The van der Waals surface area contributed by atoms with Crippen LogP contribution < -0.4 is 9.80 Å². The molecule has 0 aromatic carbocycles. The molecule has 0 amide bonds. The monoisotopic (exact) mass is 360 g/mol. The molecule has 0 bridgehead atoms. The van der Waals surface area contributed by atoms with Crippen LogP contribution in [0.1, 0.15) is 19.0 Å². The number of nitrogens with zero attached hydrogens (tertiary/aromatic N) is 4. The van der Waals surface area contributed by atoms with Gasteiger partial charge >= 0.3 is 12.1 Å². The Hall–Kier alpha value is -2.13. The van der Waals surface area contributed by atoms with Crippen LogP contribution in [0.2, 0.25) is 0 Å². The predicted molar refractivity (Wildman–Crippen MR) is 79.1 cm³/mol. The SMILES string of the molecule is C[C@H]1C(F)CN1c1nc(N2CC3(CC3C(=O)O)C2)cc(C(F)(F)F)n1. The molecule has 25 heavy (non-hydrogen) atoms. The van der Waals surface area contributed by atoms with Crippen molar-refractivity contribution in [3.63, 3.8) is 0 Å². The number of alkyl halides is 4. The minimum atomic E-state index is -4.64. The van der Waals surface area contributed by atoms with E-state index in [1.54, 1.807) is 11.8 Å². The van der Waals surface area contributed by atoms with E-state index < -0.39 is 36.0 Å². The molecule has 10 heteroatoms. The number of rotatable bonds is 3. The molecule has 0 radical (unpaired) electrons. The van der Waals surface area contributed by atoms with Crippen LogP contribution in [0.4, 0.5) is 29.3 Å². The molecule has 1 N–H and O–H groups in total. The molecule has 1 aromatic heterocycles. The maximum absolute atomic E-state index is 13.4. The number of aromatic nitrogens is 2. The summed E-state index contributed by atoms with van der Waals surface area (Å²) in [7, 11) is 0. The predicted octanol–water partition coefficient (Wildman–Crippen LogP) is 1.95. The van der Waals surface area contributed by atoms with Gasteiger partial charge in [-0.3, -0.25) is 4.79 Å². The number of carboxylic acid groups (broad SMARTS) is 1. The van der Waals surface area contributed by atoms with Crippen molar-refractivity contribution in [1.29, 1.82) is 0 Å². The van der Waals surface area contributed by atoms with Crippen LogP contribution in [0.5, 0.6) is 0 Å². The van der Waals surface area contributed by atoms with E-state index in [-0.39, 0.29) is 23.7 Å². The highest BCUT2D eigenvalue weighted by Gasteiger charge is 2.65. The van der Waals surface area contributed by atoms with E-state index in [0.717, 1.165) is 6.07 Å². The summed E-state index contributed by atoms with van der Waals surface area (Å²) in [5.74, 6) is -1.34. The van der Waals surface area contributed by atoms with Crippen LogP contribution in [0, 0.1) is 11.3 Å². The highest BCUT2D eigenvalue weighted by atomic mass is 19.4. The zero-order chi connectivity index (χ0) is 18.1. The summed E-state index contributed by atoms with van der Waals surface area (Å²) < 4.78 is 52.8. The molecule has 1 saturated carbocycles. The molecular weight excluding hydrogens is 344 g/mol. The van der Waals surface area contributed by atoms with E-state index in [1.807, 2.05) is 0 Å². The molecule has 1 aromatic rings. The minimum Gasteiger partial charge on any atom is -0.481 e. The Morgan fingerprint density at radius 2 is 2.04 bits per heavy atom. The van der Waals surface area contributed by atoms with Gasteiger partial charge < -0.3 is 14.9 Å². The van der Waals surface area contributed by atoms with Gasteiger partial charge in [0.2, 0.25) is 5.95 Å². The molecule has 2 unspecified atom stereocenters. The van der Waals surface area contributed by atoms with Gasteiger partial charge in [-0.1, -0.05) is 0 Å². The Balaban J connectivity index is 1.59. The van der Waals surface area contributed by atoms with Crippen molar-refractivity contribution in [2.24, 2.45) is 11.3 Å². The molecule has 136 valence electrons. The Kier molecular flexibility index (Phi) is 3.24. The first-order chi connectivity index (χ1) is 11.6. The van der Waals surface area contributed by atoms with Gasteiger partial charge in [0.25, 0.3) is 0 Å². The molecule has 4 rings (SSSR count). The summed E-state index contributed by atoms with van der Waals surface area (Å²) >= 11 is 0. The molecule has 3 aliphatic rings. The van der Waals surface area contributed by atoms with Gasteiger partial charge in [0, 0.05) is 24.6 Å².